The van der Waals surface area contributed by atoms with E-state index in [0.717, 1.165) is 0 Å². The maximum Gasteiger partial charge on any atom is 0.396 e. The van der Waals surface area contributed by atoms with Crippen molar-refractivity contribution in [1.29, 1.82) is 0 Å². The molecular formula is C6H8F3N3O. The highest BCUT2D eigenvalue weighted by Gasteiger charge is 2.30. The molecule has 0 spiro atoms. The number of alkyl halides is 3. The number of halogens is 3. The summed E-state index contributed by atoms with van der Waals surface area (Å²) in [6, 6.07) is -0.547. The molecule has 74 valence electrons. The van der Waals surface area contributed by atoms with Crippen LogP contribution in [0.1, 0.15) is 24.7 Å². The van der Waals surface area contributed by atoms with Gasteiger partial charge in [0.2, 0.25) is 5.89 Å². The summed E-state index contributed by atoms with van der Waals surface area (Å²) >= 11 is 0. The molecule has 1 rings (SSSR count). The molecule has 0 aromatic carbocycles. The zero-order valence-corrected chi connectivity index (χ0v) is 6.80. The molecule has 0 amide bonds. The van der Waals surface area contributed by atoms with Crippen molar-refractivity contribution in [2.45, 2.75) is 25.6 Å². The van der Waals surface area contributed by atoms with E-state index < -0.39 is 18.6 Å². The van der Waals surface area contributed by atoms with Crippen molar-refractivity contribution in [1.82, 2.24) is 10.1 Å². The van der Waals surface area contributed by atoms with Crippen molar-refractivity contribution in [3.05, 3.63) is 11.7 Å². The van der Waals surface area contributed by atoms with Crippen LogP contribution in [0.2, 0.25) is 0 Å². The van der Waals surface area contributed by atoms with Gasteiger partial charge in [-0.15, -0.1) is 0 Å². The zero-order chi connectivity index (χ0) is 10.1. The molecule has 0 saturated heterocycles. The lowest BCUT2D eigenvalue weighted by Gasteiger charge is -2.00. The van der Waals surface area contributed by atoms with Crippen molar-refractivity contribution in [2.75, 3.05) is 0 Å². The van der Waals surface area contributed by atoms with E-state index in [-0.39, 0.29) is 11.7 Å². The topological polar surface area (TPSA) is 64.9 Å². The van der Waals surface area contributed by atoms with Crippen molar-refractivity contribution >= 4 is 0 Å². The second-order valence-corrected chi connectivity index (χ2v) is 2.63. The maximum atomic E-state index is 11.8. The van der Waals surface area contributed by atoms with Crippen molar-refractivity contribution in [2.24, 2.45) is 5.73 Å². The summed E-state index contributed by atoms with van der Waals surface area (Å²) in [5.74, 6) is -0.376. The number of nitrogens with zero attached hydrogens (tertiary/aromatic N) is 2. The smallest absolute Gasteiger partial charge is 0.338 e. The maximum absolute atomic E-state index is 11.8. The Balaban J connectivity index is 2.70. The van der Waals surface area contributed by atoms with Crippen LogP contribution in [0.3, 0.4) is 0 Å². The van der Waals surface area contributed by atoms with Gasteiger partial charge in [0.25, 0.3) is 0 Å². The Hall–Kier alpha value is -1.11. The lowest BCUT2D eigenvalue weighted by atomic mass is 10.3. The first-order valence-corrected chi connectivity index (χ1v) is 3.53. The molecule has 2 N–H and O–H groups in total. The highest BCUT2D eigenvalue weighted by molar-refractivity contribution is 4.91. The molecule has 4 nitrogen and oxygen atoms in total. The predicted molar refractivity (Wildman–Crippen MR) is 36.7 cm³/mol. The number of hydrogen-bond acceptors (Lipinski definition) is 4. The third-order valence-electron chi connectivity index (χ3n) is 1.23. The van der Waals surface area contributed by atoms with Gasteiger partial charge in [0, 0.05) is 0 Å². The van der Waals surface area contributed by atoms with E-state index >= 15 is 0 Å². The summed E-state index contributed by atoms with van der Waals surface area (Å²) in [5.41, 5.74) is 5.31. The van der Waals surface area contributed by atoms with Crippen LogP contribution in [0, 0.1) is 0 Å². The van der Waals surface area contributed by atoms with E-state index in [0.29, 0.717) is 0 Å². The average molecular weight is 195 g/mol. The molecule has 1 atom stereocenters. The Bertz CT molecular complexity index is 281. The van der Waals surface area contributed by atoms with Gasteiger partial charge < -0.3 is 10.3 Å². The molecule has 0 fully saturated rings. The fraction of sp³-hybridized carbons (Fsp3) is 0.667. The molecule has 0 aliphatic heterocycles. The van der Waals surface area contributed by atoms with Crippen LogP contribution in [0.25, 0.3) is 0 Å². The van der Waals surface area contributed by atoms with E-state index in [1.165, 1.54) is 0 Å². The second kappa shape index (κ2) is 3.33. The van der Waals surface area contributed by atoms with Crippen LogP contribution in [0.5, 0.6) is 0 Å². The number of hydrogen-bond donors (Lipinski definition) is 1. The molecule has 0 aliphatic rings. The van der Waals surface area contributed by atoms with E-state index in [9.17, 15) is 13.2 Å². The molecule has 0 aliphatic carbocycles. The van der Waals surface area contributed by atoms with Crippen LogP contribution >= 0.6 is 0 Å². The SMILES string of the molecule is CC(N)c1nc(CC(F)(F)F)no1. The highest BCUT2D eigenvalue weighted by Crippen LogP contribution is 2.20. The van der Waals surface area contributed by atoms with Gasteiger partial charge >= 0.3 is 6.18 Å². The van der Waals surface area contributed by atoms with Crippen molar-refractivity contribution in [3.63, 3.8) is 0 Å². The number of rotatable bonds is 2. The van der Waals surface area contributed by atoms with Crippen LogP contribution in [-0.4, -0.2) is 16.3 Å². The highest BCUT2D eigenvalue weighted by atomic mass is 19.4. The Kier molecular flexibility index (Phi) is 2.55. The lowest BCUT2D eigenvalue weighted by Crippen LogP contribution is -2.13. The normalized spacial score (nSPS) is 14.5. The summed E-state index contributed by atoms with van der Waals surface area (Å²) in [6.45, 7) is 1.55. The van der Waals surface area contributed by atoms with E-state index in [1.54, 1.807) is 6.92 Å². The summed E-state index contributed by atoms with van der Waals surface area (Å²) < 4.78 is 39.9. The standard InChI is InChI=1S/C6H8F3N3O/c1-3(10)5-11-4(12-13-5)2-6(7,8)9/h3H,2,10H2,1H3. The Morgan fingerprint density at radius 3 is 2.54 bits per heavy atom. The molecule has 0 saturated carbocycles. The van der Waals surface area contributed by atoms with Crippen LogP contribution in [-0.2, 0) is 6.42 Å². The second-order valence-electron chi connectivity index (χ2n) is 2.63. The van der Waals surface area contributed by atoms with Gasteiger partial charge in [-0.05, 0) is 6.92 Å². The summed E-state index contributed by atoms with van der Waals surface area (Å²) in [7, 11) is 0. The molecule has 1 aromatic rings. The van der Waals surface area contributed by atoms with Crippen LogP contribution in [0.15, 0.2) is 4.52 Å². The van der Waals surface area contributed by atoms with Gasteiger partial charge in [-0.2, -0.15) is 18.2 Å². The van der Waals surface area contributed by atoms with Gasteiger partial charge in [0.1, 0.15) is 6.42 Å². The zero-order valence-electron chi connectivity index (χ0n) is 6.80. The lowest BCUT2D eigenvalue weighted by molar-refractivity contribution is -0.128. The van der Waals surface area contributed by atoms with E-state index in [4.69, 9.17) is 5.73 Å². The molecule has 0 bridgehead atoms. The van der Waals surface area contributed by atoms with Gasteiger partial charge in [0.05, 0.1) is 6.04 Å². The molecule has 0 radical (unpaired) electrons. The third kappa shape index (κ3) is 3.02. The first-order chi connectivity index (χ1) is 5.88. The molecule has 13 heavy (non-hydrogen) atoms. The van der Waals surface area contributed by atoms with Crippen molar-refractivity contribution in [3.8, 4) is 0 Å². The van der Waals surface area contributed by atoms with Crippen LogP contribution < -0.4 is 5.73 Å². The molecule has 1 aromatic heterocycles. The minimum absolute atomic E-state index is 0.0132. The quantitative estimate of drug-likeness (QED) is 0.769. The first kappa shape index (κ1) is 9.97. The van der Waals surface area contributed by atoms with Crippen LogP contribution in [0.4, 0.5) is 13.2 Å². The summed E-state index contributed by atoms with van der Waals surface area (Å²) in [6.07, 6.45) is -5.51. The third-order valence-corrected chi connectivity index (χ3v) is 1.23. The molecule has 1 unspecified atom stereocenters. The van der Waals surface area contributed by atoms with Gasteiger partial charge in [0.15, 0.2) is 5.82 Å². The predicted octanol–water partition coefficient (Wildman–Crippen LogP) is 1.19. The largest absolute Gasteiger partial charge is 0.396 e. The molecule has 7 heteroatoms. The first-order valence-electron chi connectivity index (χ1n) is 3.53. The minimum Gasteiger partial charge on any atom is -0.338 e. The van der Waals surface area contributed by atoms with Gasteiger partial charge in [-0.3, -0.25) is 0 Å². The van der Waals surface area contributed by atoms with Gasteiger partial charge in [-0.25, -0.2) is 0 Å². The Labute approximate surface area is 71.9 Å². The molecular weight excluding hydrogens is 187 g/mol. The van der Waals surface area contributed by atoms with Crippen molar-refractivity contribution < 1.29 is 17.7 Å². The Morgan fingerprint density at radius 2 is 2.15 bits per heavy atom. The summed E-state index contributed by atoms with van der Waals surface area (Å²) in [5, 5.41) is 3.14. The van der Waals surface area contributed by atoms with E-state index in [1.807, 2.05) is 0 Å². The average Bonchev–Trinajstić information content (AvgIpc) is 2.31. The minimum atomic E-state index is -4.32. The fourth-order valence-corrected chi connectivity index (χ4v) is 0.704. The molecule has 1 heterocycles. The Morgan fingerprint density at radius 1 is 1.54 bits per heavy atom. The summed E-state index contributed by atoms with van der Waals surface area (Å²) in [4.78, 5) is 3.47. The monoisotopic (exact) mass is 195 g/mol. The van der Waals surface area contributed by atoms with E-state index in [2.05, 4.69) is 14.7 Å². The van der Waals surface area contributed by atoms with Gasteiger partial charge in [-0.1, -0.05) is 5.16 Å². The number of nitrogens with two attached hydrogens (primary N) is 1. The number of aromatic nitrogens is 2. The fourth-order valence-electron chi connectivity index (χ4n) is 0.704.